The third-order valence-electron chi connectivity index (χ3n) is 5.76. The Bertz CT molecular complexity index is 406. The smallest absolute Gasteiger partial charge is 0.198 e. The Morgan fingerprint density at radius 2 is 1.19 bits per heavy atom. The lowest BCUT2D eigenvalue weighted by Gasteiger charge is -2.22. The largest absolute Gasteiger partial charge is 0.226 e. The minimum atomic E-state index is 0.864. The van der Waals surface area contributed by atoms with E-state index >= 15 is 0 Å². The molecule has 0 aromatic carbocycles. The molecule has 2 fully saturated rings. The van der Waals surface area contributed by atoms with Crippen molar-refractivity contribution in [1.82, 2.24) is 0 Å². The van der Waals surface area contributed by atoms with E-state index in [4.69, 9.17) is 0 Å². The maximum atomic E-state index is 2.68. The molecule has 0 saturated heterocycles. The summed E-state index contributed by atoms with van der Waals surface area (Å²) in [5.74, 6) is 0. The fourth-order valence-corrected chi connectivity index (χ4v) is 7.27. The van der Waals surface area contributed by atoms with Gasteiger partial charge in [0.1, 0.15) is 13.1 Å². The molecule has 2 saturated carbocycles. The summed E-state index contributed by atoms with van der Waals surface area (Å²) in [6, 6.07) is 1.73. The number of rotatable bonds is 4. The third kappa shape index (κ3) is 3.08. The van der Waals surface area contributed by atoms with E-state index < -0.39 is 0 Å². The van der Waals surface area contributed by atoms with Gasteiger partial charge in [0, 0.05) is 12.8 Å². The van der Waals surface area contributed by atoms with E-state index in [1.165, 1.54) is 70.9 Å². The van der Waals surface area contributed by atoms with Crippen LogP contribution in [0.15, 0.2) is 0 Å². The summed E-state index contributed by atoms with van der Waals surface area (Å²) < 4.78 is 5.35. The maximum Gasteiger partial charge on any atom is 0.198 e. The molecule has 2 aliphatic carbocycles. The molecular formula is C17H28N2S2+2. The van der Waals surface area contributed by atoms with Gasteiger partial charge in [0.05, 0.1) is 16.9 Å². The second-order valence-corrected chi connectivity index (χ2v) is 9.27. The highest BCUT2D eigenvalue weighted by molar-refractivity contribution is 8.12. The topological polar surface area (TPSA) is 6.02 Å². The summed E-state index contributed by atoms with van der Waals surface area (Å²) in [4.78, 5) is 0. The minimum Gasteiger partial charge on any atom is -0.226 e. The Balaban J connectivity index is 1.26. The van der Waals surface area contributed by atoms with Gasteiger partial charge in [-0.1, -0.05) is 36.4 Å². The molecule has 0 amide bonds. The third-order valence-corrected chi connectivity index (χ3v) is 8.35. The van der Waals surface area contributed by atoms with Crippen molar-refractivity contribution in [2.45, 2.75) is 80.4 Å². The van der Waals surface area contributed by atoms with Crippen molar-refractivity contribution in [3.63, 3.8) is 0 Å². The molecule has 0 bridgehead atoms. The van der Waals surface area contributed by atoms with Crippen molar-refractivity contribution < 1.29 is 9.15 Å². The first-order valence-electron chi connectivity index (χ1n) is 8.91. The highest BCUT2D eigenvalue weighted by atomic mass is 32.2. The van der Waals surface area contributed by atoms with Crippen LogP contribution in [0.2, 0.25) is 0 Å². The van der Waals surface area contributed by atoms with Crippen molar-refractivity contribution in [3.8, 4) is 0 Å². The van der Waals surface area contributed by atoms with Crippen LogP contribution in [-0.2, 0) is 0 Å². The molecule has 0 aromatic rings. The van der Waals surface area contributed by atoms with Crippen LogP contribution < -0.4 is 0 Å². The first-order valence-corrected chi connectivity index (χ1v) is 10.8. The molecular weight excluding hydrogens is 296 g/mol. The molecule has 2 nitrogen and oxygen atoms in total. The molecule has 4 heteroatoms. The molecule has 2 heterocycles. The van der Waals surface area contributed by atoms with Crippen molar-refractivity contribution in [2.75, 3.05) is 13.1 Å². The molecule has 4 unspecified atom stereocenters. The molecule has 0 N–H and O–H groups in total. The van der Waals surface area contributed by atoms with Gasteiger partial charge in [0.25, 0.3) is 0 Å². The molecule has 4 atom stereocenters. The van der Waals surface area contributed by atoms with Gasteiger partial charge in [0.2, 0.25) is 0 Å². The predicted octanol–water partition coefficient (Wildman–Crippen LogP) is 3.57. The predicted molar refractivity (Wildman–Crippen MR) is 94.3 cm³/mol. The van der Waals surface area contributed by atoms with Crippen LogP contribution in [0.5, 0.6) is 0 Å². The van der Waals surface area contributed by atoms with Crippen LogP contribution >= 0.6 is 23.5 Å². The average molecular weight is 325 g/mol. The molecule has 4 aliphatic rings. The minimum absolute atomic E-state index is 0.864. The van der Waals surface area contributed by atoms with Gasteiger partial charge in [-0.3, -0.25) is 0 Å². The van der Waals surface area contributed by atoms with E-state index in [1.54, 1.807) is 0 Å². The van der Waals surface area contributed by atoms with Crippen LogP contribution in [0.4, 0.5) is 0 Å². The lowest BCUT2D eigenvalue weighted by atomic mass is 9.94. The monoisotopic (exact) mass is 324 g/mol. The van der Waals surface area contributed by atoms with Crippen LogP contribution in [0.1, 0.15) is 57.8 Å². The number of thioether (sulfide) groups is 2. The second-order valence-electron chi connectivity index (χ2n) is 7.09. The van der Waals surface area contributed by atoms with Gasteiger partial charge >= 0.3 is 0 Å². The summed E-state index contributed by atoms with van der Waals surface area (Å²) in [5.41, 5.74) is 4.90. The summed E-state index contributed by atoms with van der Waals surface area (Å²) in [7, 11) is 0. The Hall–Kier alpha value is 0.0400. The Morgan fingerprint density at radius 3 is 1.71 bits per heavy atom. The van der Waals surface area contributed by atoms with E-state index in [-0.39, 0.29) is 0 Å². The molecule has 0 radical (unpaired) electrons. The Morgan fingerprint density at radius 1 is 0.714 bits per heavy atom. The molecule has 2 aliphatic heterocycles. The summed E-state index contributed by atoms with van der Waals surface area (Å²) >= 11 is 4.22. The molecule has 4 rings (SSSR count). The Labute approximate surface area is 137 Å². The highest BCUT2D eigenvalue weighted by Crippen LogP contribution is 2.35. The van der Waals surface area contributed by atoms with Crippen molar-refractivity contribution in [1.29, 1.82) is 0 Å². The van der Waals surface area contributed by atoms with E-state index in [0.29, 0.717) is 0 Å². The fraction of sp³-hybridized carbons (Fsp3) is 0.882. The summed E-state index contributed by atoms with van der Waals surface area (Å²) in [5, 5.41) is 1.82. The summed E-state index contributed by atoms with van der Waals surface area (Å²) in [6.45, 7) is 2.56. The van der Waals surface area contributed by atoms with E-state index in [9.17, 15) is 0 Å². The Kier molecular flexibility index (Phi) is 4.63. The first kappa shape index (κ1) is 14.6. The van der Waals surface area contributed by atoms with Crippen LogP contribution in [0.3, 0.4) is 0 Å². The van der Waals surface area contributed by atoms with Crippen molar-refractivity contribution in [2.24, 2.45) is 0 Å². The highest BCUT2D eigenvalue weighted by Gasteiger charge is 2.40. The zero-order valence-corrected chi connectivity index (χ0v) is 14.6. The summed E-state index contributed by atoms with van der Waals surface area (Å²) in [6.07, 6.45) is 12.9. The number of hydrogen-bond donors (Lipinski definition) is 0. The SMILES string of the molecule is C1=[N+](CCC[N+]2=CSC3CCCCC32)C2CCCCC2S1. The lowest BCUT2D eigenvalue weighted by Crippen LogP contribution is -2.36. The lowest BCUT2D eigenvalue weighted by molar-refractivity contribution is -0.585. The number of nitrogens with zero attached hydrogens (tertiary/aromatic N) is 2. The van der Waals surface area contributed by atoms with Gasteiger partial charge < -0.3 is 0 Å². The molecule has 116 valence electrons. The zero-order chi connectivity index (χ0) is 14.1. The van der Waals surface area contributed by atoms with Gasteiger partial charge in [-0.2, -0.15) is 0 Å². The zero-order valence-electron chi connectivity index (χ0n) is 13.0. The van der Waals surface area contributed by atoms with Gasteiger partial charge in [-0.05, 0) is 25.7 Å². The van der Waals surface area contributed by atoms with Crippen LogP contribution in [-0.4, -0.2) is 55.9 Å². The first-order chi connectivity index (χ1) is 10.4. The van der Waals surface area contributed by atoms with Crippen molar-refractivity contribution in [3.05, 3.63) is 0 Å². The maximum absolute atomic E-state index is 2.68. The van der Waals surface area contributed by atoms with Gasteiger partial charge in [0.15, 0.2) is 23.2 Å². The van der Waals surface area contributed by atoms with Gasteiger partial charge in [-0.15, -0.1) is 0 Å². The van der Waals surface area contributed by atoms with Crippen LogP contribution in [0, 0.1) is 0 Å². The quantitative estimate of drug-likeness (QED) is 0.729. The van der Waals surface area contributed by atoms with Crippen LogP contribution in [0.25, 0.3) is 0 Å². The number of hydrogen-bond acceptors (Lipinski definition) is 2. The number of fused-ring (bicyclic) bond motifs is 2. The molecule has 21 heavy (non-hydrogen) atoms. The average Bonchev–Trinajstić information content (AvgIpc) is 3.13. The van der Waals surface area contributed by atoms with E-state index in [2.05, 4.69) is 43.8 Å². The van der Waals surface area contributed by atoms with E-state index in [0.717, 1.165) is 22.6 Å². The van der Waals surface area contributed by atoms with Gasteiger partial charge in [-0.25, -0.2) is 9.15 Å². The standard InChI is InChI=1S/C17H28N2S2/c1-3-8-16-14(6-1)18(12-20-16)10-5-11-19-13-21-17-9-4-2-7-15(17)19/h12-17H,1-11H2/q+2. The van der Waals surface area contributed by atoms with E-state index in [1.807, 2.05) is 0 Å². The van der Waals surface area contributed by atoms with Crippen molar-refractivity contribution >= 4 is 34.6 Å². The molecule has 0 spiro atoms. The second kappa shape index (κ2) is 6.66. The fourth-order valence-electron chi connectivity index (χ4n) is 4.57. The molecule has 0 aromatic heterocycles. The normalized spacial score (nSPS) is 38.7.